The Morgan fingerprint density at radius 1 is 1.12 bits per heavy atom. The van der Waals surface area contributed by atoms with Crippen molar-refractivity contribution in [1.82, 2.24) is 4.90 Å². The molecule has 2 atom stereocenters. The molecule has 0 N–H and O–H groups in total. The highest BCUT2D eigenvalue weighted by Crippen LogP contribution is 2.29. The molecule has 3 rings (SSSR count). The molecule has 1 saturated heterocycles. The van der Waals surface area contributed by atoms with E-state index >= 15 is 0 Å². The zero-order valence-corrected chi connectivity index (χ0v) is 19.1. The molecule has 0 spiro atoms. The van der Waals surface area contributed by atoms with Crippen molar-refractivity contribution in [3.05, 3.63) is 59.7 Å². The van der Waals surface area contributed by atoms with Crippen LogP contribution in [0.15, 0.2) is 48.5 Å². The first-order chi connectivity index (χ1) is 15.2. The van der Waals surface area contributed by atoms with E-state index in [1.54, 1.807) is 6.07 Å². The Labute approximate surface area is 188 Å². The van der Waals surface area contributed by atoms with Gasteiger partial charge in [0.1, 0.15) is 6.61 Å². The SMILES string of the molecule is COc1cc(C(=O)O[C@H](C)C(=O)N(C)[C@@H]2CCS(=O)(=O)C2)ccc1OCc1ccccc1. The number of esters is 1. The largest absolute Gasteiger partial charge is 0.493 e. The molecule has 1 amide bonds. The minimum Gasteiger partial charge on any atom is -0.493 e. The Balaban J connectivity index is 1.62. The fraction of sp³-hybridized carbons (Fsp3) is 0.391. The molecule has 0 radical (unpaired) electrons. The summed E-state index contributed by atoms with van der Waals surface area (Å²) in [4.78, 5) is 26.5. The van der Waals surface area contributed by atoms with Crippen LogP contribution in [0, 0.1) is 0 Å². The molecule has 1 aliphatic heterocycles. The van der Waals surface area contributed by atoms with Gasteiger partial charge in [-0.3, -0.25) is 4.79 Å². The molecule has 2 aromatic rings. The molecule has 0 saturated carbocycles. The standard InChI is InChI=1S/C23H27NO7S/c1-16(22(25)24(2)19-11-12-32(27,28)15-19)31-23(26)18-9-10-20(21(13-18)29-3)30-14-17-7-5-4-6-8-17/h4-10,13,16,19H,11-12,14-15H2,1-3H3/t16-,19-/m1/s1. The number of benzene rings is 2. The predicted molar refractivity (Wildman–Crippen MR) is 118 cm³/mol. The Kier molecular flexibility index (Phi) is 7.40. The molecule has 9 heteroatoms. The van der Waals surface area contributed by atoms with Gasteiger partial charge in [-0.25, -0.2) is 13.2 Å². The van der Waals surface area contributed by atoms with E-state index in [0.29, 0.717) is 24.5 Å². The maximum atomic E-state index is 12.6. The maximum absolute atomic E-state index is 12.6. The van der Waals surface area contributed by atoms with E-state index in [1.165, 1.54) is 38.1 Å². The second kappa shape index (κ2) is 10.0. The van der Waals surface area contributed by atoms with Gasteiger partial charge in [0.2, 0.25) is 0 Å². The quantitative estimate of drug-likeness (QED) is 0.557. The van der Waals surface area contributed by atoms with Crippen LogP contribution in [-0.2, 0) is 26.0 Å². The number of hydrogen-bond acceptors (Lipinski definition) is 7. The smallest absolute Gasteiger partial charge is 0.339 e. The summed E-state index contributed by atoms with van der Waals surface area (Å²) in [6.07, 6.45) is -0.678. The highest BCUT2D eigenvalue weighted by Gasteiger charge is 2.35. The van der Waals surface area contributed by atoms with E-state index in [1.807, 2.05) is 30.3 Å². The number of hydrogen-bond donors (Lipinski definition) is 0. The average Bonchev–Trinajstić information content (AvgIpc) is 3.16. The molecule has 0 bridgehead atoms. The van der Waals surface area contributed by atoms with Crippen molar-refractivity contribution in [3.63, 3.8) is 0 Å². The lowest BCUT2D eigenvalue weighted by Gasteiger charge is -2.26. The van der Waals surface area contributed by atoms with Gasteiger partial charge in [-0.2, -0.15) is 0 Å². The van der Waals surface area contributed by atoms with Gasteiger partial charge in [0.25, 0.3) is 5.91 Å². The number of rotatable bonds is 8. The Hall–Kier alpha value is -3.07. The molecule has 0 aliphatic carbocycles. The number of methoxy groups -OCH3 is 1. The highest BCUT2D eigenvalue weighted by atomic mass is 32.2. The van der Waals surface area contributed by atoms with Gasteiger partial charge in [0, 0.05) is 13.1 Å². The van der Waals surface area contributed by atoms with Crippen molar-refractivity contribution in [1.29, 1.82) is 0 Å². The minimum absolute atomic E-state index is 0.0575. The highest BCUT2D eigenvalue weighted by molar-refractivity contribution is 7.91. The molecule has 172 valence electrons. The first kappa shape index (κ1) is 23.6. The third kappa shape index (κ3) is 5.79. The lowest BCUT2D eigenvalue weighted by molar-refractivity contribution is -0.140. The second-order valence-electron chi connectivity index (χ2n) is 7.69. The van der Waals surface area contributed by atoms with Crippen LogP contribution < -0.4 is 9.47 Å². The minimum atomic E-state index is -3.13. The molecule has 0 aromatic heterocycles. The van der Waals surface area contributed by atoms with Crippen molar-refractivity contribution in [2.75, 3.05) is 25.7 Å². The molecule has 8 nitrogen and oxygen atoms in total. The van der Waals surface area contributed by atoms with Crippen LogP contribution in [0.4, 0.5) is 0 Å². The molecule has 1 aliphatic rings. The van der Waals surface area contributed by atoms with Gasteiger partial charge < -0.3 is 19.1 Å². The monoisotopic (exact) mass is 461 g/mol. The first-order valence-electron chi connectivity index (χ1n) is 10.2. The van der Waals surface area contributed by atoms with Crippen molar-refractivity contribution in [2.45, 2.75) is 32.1 Å². The average molecular weight is 462 g/mol. The molecular formula is C23H27NO7S. The van der Waals surface area contributed by atoms with E-state index < -0.39 is 33.9 Å². The van der Waals surface area contributed by atoms with Crippen LogP contribution >= 0.6 is 0 Å². The van der Waals surface area contributed by atoms with Crippen LogP contribution in [0.2, 0.25) is 0 Å². The summed E-state index contributed by atoms with van der Waals surface area (Å²) in [6.45, 7) is 1.81. The first-order valence-corrected chi connectivity index (χ1v) is 12.0. The number of amides is 1. The predicted octanol–water partition coefficient (Wildman–Crippen LogP) is 2.46. The summed E-state index contributed by atoms with van der Waals surface area (Å²) in [5, 5.41) is 0. The molecule has 2 aromatic carbocycles. The lowest BCUT2D eigenvalue weighted by Crippen LogP contribution is -2.44. The van der Waals surface area contributed by atoms with Crippen LogP contribution in [0.5, 0.6) is 11.5 Å². The number of likely N-dealkylation sites (N-methyl/N-ethyl adjacent to an activating group) is 1. The maximum Gasteiger partial charge on any atom is 0.339 e. The summed E-state index contributed by atoms with van der Waals surface area (Å²) in [6, 6.07) is 13.9. The number of carbonyl (C=O) groups is 2. The molecule has 1 heterocycles. The summed E-state index contributed by atoms with van der Waals surface area (Å²) >= 11 is 0. The van der Waals surface area contributed by atoms with Crippen LogP contribution in [0.1, 0.15) is 29.3 Å². The third-order valence-electron chi connectivity index (χ3n) is 5.37. The van der Waals surface area contributed by atoms with Crippen LogP contribution in [-0.4, -0.2) is 63.0 Å². The topological polar surface area (TPSA) is 99.2 Å². The van der Waals surface area contributed by atoms with Gasteiger partial charge in [-0.05, 0) is 37.1 Å². The van der Waals surface area contributed by atoms with Crippen LogP contribution in [0.25, 0.3) is 0 Å². The fourth-order valence-corrected chi connectivity index (χ4v) is 5.25. The van der Waals surface area contributed by atoms with Crippen molar-refractivity contribution in [3.8, 4) is 11.5 Å². The molecule has 1 fully saturated rings. The number of nitrogens with zero attached hydrogens (tertiary/aromatic N) is 1. The Morgan fingerprint density at radius 2 is 1.84 bits per heavy atom. The summed E-state index contributed by atoms with van der Waals surface area (Å²) in [5.74, 6) is -0.317. The molecule has 0 unspecified atom stereocenters. The van der Waals surface area contributed by atoms with Gasteiger partial charge in [0.15, 0.2) is 27.4 Å². The van der Waals surface area contributed by atoms with Crippen molar-refractivity contribution in [2.24, 2.45) is 0 Å². The van der Waals surface area contributed by atoms with E-state index in [0.717, 1.165) is 5.56 Å². The van der Waals surface area contributed by atoms with Crippen molar-refractivity contribution < 1.29 is 32.2 Å². The lowest BCUT2D eigenvalue weighted by atomic mass is 10.2. The number of carbonyl (C=O) groups excluding carboxylic acids is 2. The second-order valence-corrected chi connectivity index (χ2v) is 9.92. The van der Waals surface area contributed by atoms with Gasteiger partial charge in [-0.1, -0.05) is 30.3 Å². The molecular weight excluding hydrogens is 434 g/mol. The Morgan fingerprint density at radius 3 is 2.47 bits per heavy atom. The zero-order valence-electron chi connectivity index (χ0n) is 18.3. The van der Waals surface area contributed by atoms with Crippen molar-refractivity contribution >= 4 is 21.7 Å². The summed E-state index contributed by atoms with van der Waals surface area (Å²) in [7, 11) is -0.131. The van der Waals surface area contributed by atoms with E-state index in [4.69, 9.17) is 14.2 Å². The summed E-state index contributed by atoms with van der Waals surface area (Å²) < 4.78 is 39.8. The van der Waals surface area contributed by atoms with E-state index in [2.05, 4.69) is 0 Å². The molecule has 32 heavy (non-hydrogen) atoms. The Bertz CT molecular complexity index is 1070. The van der Waals surface area contributed by atoms with E-state index in [-0.39, 0.29) is 17.1 Å². The van der Waals surface area contributed by atoms with Crippen LogP contribution in [0.3, 0.4) is 0 Å². The van der Waals surface area contributed by atoms with E-state index in [9.17, 15) is 18.0 Å². The zero-order chi connectivity index (χ0) is 23.3. The third-order valence-corrected chi connectivity index (χ3v) is 7.12. The number of ether oxygens (including phenoxy) is 3. The van der Waals surface area contributed by atoms with Gasteiger partial charge in [-0.15, -0.1) is 0 Å². The van der Waals surface area contributed by atoms with Gasteiger partial charge >= 0.3 is 5.97 Å². The normalized spacial score (nSPS) is 17.9. The van der Waals surface area contributed by atoms with Gasteiger partial charge in [0.05, 0.1) is 24.2 Å². The number of sulfone groups is 1. The summed E-state index contributed by atoms with van der Waals surface area (Å²) in [5.41, 5.74) is 1.20. The fourth-order valence-electron chi connectivity index (χ4n) is 3.48.